The maximum absolute atomic E-state index is 12.8. The minimum Gasteiger partial charge on any atom is -0.462 e. The molecule has 0 saturated heterocycles. The van der Waals surface area contributed by atoms with Crippen molar-refractivity contribution < 1.29 is 23.8 Å². The van der Waals surface area contributed by atoms with Crippen LogP contribution in [0.15, 0.2) is 109 Å². The number of carbonyl (C=O) groups excluding carboxylic acids is 2. The van der Waals surface area contributed by atoms with Crippen LogP contribution in [0.1, 0.15) is 226 Å². The summed E-state index contributed by atoms with van der Waals surface area (Å²) in [6.45, 7) is 7.52. The van der Waals surface area contributed by atoms with Crippen molar-refractivity contribution in [2.75, 3.05) is 19.8 Å². The molecule has 0 aliphatic rings. The molecule has 0 fully saturated rings. The van der Waals surface area contributed by atoms with Gasteiger partial charge >= 0.3 is 11.9 Å². The van der Waals surface area contributed by atoms with Gasteiger partial charge in [-0.2, -0.15) is 0 Å². The monoisotopic (exact) mass is 887 g/mol. The molecule has 0 rings (SSSR count). The van der Waals surface area contributed by atoms with Crippen LogP contribution in [-0.2, 0) is 23.8 Å². The van der Waals surface area contributed by atoms with Crippen LogP contribution in [0.3, 0.4) is 0 Å². The quantitative estimate of drug-likeness (QED) is 0.0346. The highest BCUT2D eigenvalue weighted by Crippen LogP contribution is 2.12. The summed E-state index contributed by atoms with van der Waals surface area (Å²) in [6.07, 6.45) is 73.8. The van der Waals surface area contributed by atoms with Gasteiger partial charge in [0, 0.05) is 19.4 Å². The number of unbranched alkanes of at least 4 members (excludes halogenated alkanes) is 18. The highest BCUT2D eigenvalue weighted by molar-refractivity contribution is 5.70. The summed E-state index contributed by atoms with van der Waals surface area (Å²) in [5.74, 6) is -0.458. The first kappa shape index (κ1) is 60.6. The second-order valence-corrected chi connectivity index (χ2v) is 17.0. The third kappa shape index (κ3) is 51.2. The Morgan fingerprint density at radius 1 is 0.359 bits per heavy atom. The van der Waals surface area contributed by atoms with Crippen molar-refractivity contribution in [1.82, 2.24) is 0 Å². The van der Waals surface area contributed by atoms with E-state index in [1.807, 2.05) is 0 Å². The predicted octanol–water partition coefficient (Wildman–Crippen LogP) is 18.0. The van der Waals surface area contributed by atoms with E-state index < -0.39 is 6.10 Å². The highest BCUT2D eigenvalue weighted by atomic mass is 16.6. The van der Waals surface area contributed by atoms with E-state index in [1.54, 1.807) is 0 Å². The number of esters is 2. The van der Waals surface area contributed by atoms with Gasteiger partial charge in [0.15, 0.2) is 6.10 Å². The number of hydrogen-bond acceptors (Lipinski definition) is 5. The van der Waals surface area contributed by atoms with Crippen LogP contribution in [0.25, 0.3) is 0 Å². The van der Waals surface area contributed by atoms with E-state index in [9.17, 15) is 9.59 Å². The van der Waals surface area contributed by atoms with Gasteiger partial charge in [-0.05, 0) is 128 Å². The molecular formula is C59H98O5. The van der Waals surface area contributed by atoms with Crippen molar-refractivity contribution in [3.63, 3.8) is 0 Å². The van der Waals surface area contributed by atoms with Crippen LogP contribution >= 0.6 is 0 Å². The molecule has 0 radical (unpaired) electrons. The van der Waals surface area contributed by atoms with E-state index >= 15 is 0 Å². The van der Waals surface area contributed by atoms with E-state index in [4.69, 9.17) is 14.2 Å². The van der Waals surface area contributed by atoms with Crippen LogP contribution in [0.4, 0.5) is 0 Å². The van der Waals surface area contributed by atoms with Crippen LogP contribution < -0.4 is 0 Å². The number of rotatable bonds is 47. The summed E-state index contributed by atoms with van der Waals surface area (Å²) in [6, 6.07) is 0. The molecule has 0 heterocycles. The molecule has 64 heavy (non-hydrogen) atoms. The zero-order chi connectivity index (χ0) is 46.3. The second-order valence-electron chi connectivity index (χ2n) is 17.0. The summed E-state index contributed by atoms with van der Waals surface area (Å²) < 4.78 is 17.4. The lowest BCUT2D eigenvalue weighted by atomic mass is 10.1. The van der Waals surface area contributed by atoms with Gasteiger partial charge in [0.1, 0.15) is 6.61 Å². The number of allylic oxidation sites excluding steroid dienone is 18. The standard InChI is InChI=1S/C59H98O5/c1-4-7-10-13-16-19-22-25-28-29-30-33-36-39-42-45-48-51-54-62-55-57(64-59(61)53-50-47-44-41-38-35-32-27-24-21-18-15-12-9-6-3)56-63-58(60)52-49-46-43-40-37-34-31-26-23-20-17-14-11-8-5-2/h7,10,16-21,25-28,30-33,39,42,57H,4-6,8-9,11-15,22-24,29,34-38,40-41,43-56H2,1-3H3/b10-7-,19-16-,20-17-,21-18-,28-25-,31-26-,32-27-,33-30-,42-39-. The molecule has 1 unspecified atom stereocenters. The Morgan fingerprint density at radius 3 is 1.12 bits per heavy atom. The largest absolute Gasteiger partial charge is 0.462 e. The van der Waals surface area contributed by atoms with Gasteiger partial charge in [0.2, 0.25) is 0 Å². The summed E-state index contributed by atoms with van der Waals surface area (Å²) in [5.41, 5.74) is 0. The fourth-order valence-electron chi connectivity index (χ4n) is 6.83. The predicted molar refractivity (Wildman–Crippen MR) is 279 cm³/mol. The average molecular weight is 887 g/mol. The third-order valence-corrected chi connectivity index (χ3v) is 10.8. The van der Waals surface area contributed by atoms with Crippen molar-refractivity contribution in [3.05, 3.63) is 109 Å². The molecule has 0 saturated carbocycles. The van der Waals surface area contributed by atoms with Crippen molar-refractivity contribution in [1.29, 1.82) is 0 Å². The fraction of sp³-hybridized carbons (Fsp3) is 0.661. The number of carbonyl (C=O) groups is 2. The molecular weight excluding hydrogens is 789 g/mol. The summed E-state index contributed by atoms with van der Waals surface area (Å²) in [7, 11) is 0. The van der Waals surface area contributed by atoms with E-state index in [-0.39, 0.29) is 25.2 Å². The lowest BCUT2D eigenvalue weighted by molar-refractivity contribution is -0.163. The Morgan fingerprint density at radius 2 is 0.703 bits per heavy atom. The minimum atomic E-state index is -0.579. The van der Waals surface area contributed by atoms with E-state index in [0.29, 0.717) is 19.4 Å². The van der Waals surface area contributed by atoms with Gasteiger partial charge in [-0.15, -0.1) is 0 Å². The van der Waals surface area contributed by atoms with Gasteiger partial charge in [0.25, 0.3) is 0 Å². The summed E-state index contributed by atoms with van der Waals surface area (Å²) >= 11 is 0. The first-order valence-electron chi connectivity index (χ1n) is 26.4. The second kappa shape index (κ2) is 53.9. The molecule has 364 valence electrons. The van der Waals surface area contributed by atoms with Gasteiger partial charge < -0.3 is 14.2 Å². The molecule has 0 bridgehead atoms. The first-order chi connectivity index (χ1) is 31.6. The summed E-state index contributed by atoms with van der Waals surface area (Å²) in [4.78, 5) is 25.4. The van der Waals surface area contributed by atoms with Crippen LogP contribution in [0.2, 0.25) is 0 Å². The maximum Gasteiger partial charge on any atom is 0.306 e. The zero-order valence-corrected chi connectivity index (χ0v) is 41.8. The Kier molecular flexibility index (Phi) is 51.0. The molecule has 0 amide bonds. The smallest absolute Gasteiger partial charge is 0.306 e. The van der Waals surface area contributed by atoms with Gasteiger partial charge in [-0.25, -0.2) is 0 Å². The molecule has 0 aliphatic heterocycles. The lowest BCUT2D eigenvalue weighted by Gasteiger charge is -2.18. The van der Waals surface area contributed by atoms with Gasteiger partial charge in [0.05, 0.1) is 6.61 Å². The van der Waals surface area contributed by atoms with Gasteiger partial charge in [-0.1, -0.05) is 194 Å². The Hall–Kier alpha value is -3.44. The highest BCUT2D eigenvalue weighted by Gasteiger charge is 2.17. The van der Waals surface area contributed by atoms with Crippen molar-refractivity contribution in [3.8, 4) is 0 Å². The lowest BCUT2D eigenvalue weighted by Crippen LogP contribution is -2.30. The Labute approximate surface area is 395 Å². The van der Waals surface area contributed by atoms with Crippen molar-refractivity contribution >= 4 is 11.9 Å². The fourth-order valence-corrected chi connectivity index (χ4v) is 6.83. The number of hydrogen-bond donors (Lipinski definition) is 0. The topological polar surface area (TPSA) is 61.8 Å². The SMILES string of the molecule is CC/C=C\C/C=C\C/C=C\C/C=C\C/C=C\CCCCOCC(COC(=O)CCCCCCC/C=C\C/C=C\CCCCC)OC(=O)CCCCCCC/C=C\C/C=C\CCCCC. The number of ether oxygens (including phenoxy) is 3. The molecule has 0 aliphatic carbocycles. The van der Waals surface area contributed by atoms with E-state index in [0.717, 1.165) is 116 Å². The molecule has 0 spiro atoms. The Bertz CT molecular complexity index is 1280. The minimum absolute atomic E-state index is 0.0486. The molecule has 0 N–H and O–H groups in total. The molecule has 0 aromatic rings. The molecule has 1 atom stereocenters. The van der Waals surface area contributed by atoms with Crippen LogP contribution in [0, 0.1) is 0 Å². The van der Waals surface area contributed by atoms with Crippen molar-refractivity contribution in [2.45, 2.75) is 232 Å². The molecule has 5 heteroatoms. The van der Waals surface area contributed by atoms with E-state index in [1.165, 1.54) is 77.0 Å². The molecule has 0 aromatic carbocycles. The first-order valence-corrected chi connectivity index (χ1v) is 26.4. The Balaban J connectivity index is 4.43. The molecule has 0 aromatic heterocycles. The van der Waals surface area contributed by atoms with Crippen LogP contribution in [-0.4, -0.2) is 37.9 Å². The van der Waals surface area contributed by atoms with E-state index in [2.05, 4.69) is 130 Å². The zero-order valence-electron chi connectivity index (χ0n) is 41.8. The molecule has 5 nitrogen and oxygen atoms in total. The van der Waals surface area contributed by atoms with Gasteiger partial charge in [-0.3, -0.25) is 9.59 Å². The average Bonchev–Trinajstić information content (AvgIpc) is 3.30. The normalized spacial score (nSPS) is 13.1. The summed E-state index contributed by atoms with van der Waals surface area (Å²) in [5, 5.41) is 0. The maximum atomic E-state index is 12.8. The van der Waals surface area contributed by atoms with Crippen LogP contribution in [0.5, 0.6) is 0 Å². The van der Waals surface area contributed by atoms with Crippen molar-refractivity contribution in [2.24, 2.45) is 0 Å². The third-order valence-electron chi connectivity index (χ3n) is 10.8.